The number of anilines is 1. The molecular weight excluding hydrogens is 336 g/mol. The van der Waals surface area contributed by atoms with Crippen molar-refractivity contribution in [1.82, 2.24) is 15.1 Å². The Balaban J connectivity index is 1.69. The highest BCUT2D eigenvalue weighted by Gasteiger charge is 2.23. The predicted octanol–water partition coefficient (Wildman–Crippen LogP) is 3.99. The zero-order chi connectivity index (χ0) is 18.8. The minimum Gasteiger partial charge on any atom is -0.485 e. The number of hydrogen-bond acceptors (Lipinski definition) is 5. The normalized spacial score (nSPS) is 17.2. The Bertz CT molecular complexity index is 939. The minimum absolute atomic E-state index is 0.0394. The van der Waals surface area contributed by atoms with E-state index in [0.717, 1.165) is 42.1 Å². The molecule has 2 heterocycles. The second-order valence-electron chi connectivity index (χ2n) is 7.16. The highest BCUT2D eigenvalue weighted by molar-refractivity contribution is 5.61. The van der Waals surface area contributed by atoms with Crippen LogP contribution in [0.25, 0.3) is 11.3 Å². The summed E-state index contributed by atoms with van der Waals surface area (Å²) < 4.78 is 6.43. The lowest BCUT2D eigenvalue weighted by atomic mass is 9.97. The zero-order valence-corrected chi connectivity index (χ0v) is 15.7. The standard InChI is InChI=1S/C22H24N4O/c1-15-5-3-4-6-20(15)27-21-11-12-26(2)14-17-13-16(7-8-18(17)21)19-9-10-22(23)25-24-19/h3-10,13,21H,11-12,14H2,1-2H3,(H2,23,25). The van der Waals surface area contributed by atoms with Crippen LogP contribution >= 0.6 is 0 Å². The molecule has 0 radical (unpaired) electrons. The molecule has 1 aromatic heterocycles. The van der Waals surface area contributed by atoms with Gasteiger partial charge >= 0.3 is 0 Å². The number of nitrogens with zero attached hydrogens (tertiary/aromatic N) is 3. The van der Waals surface area contributed by atoms with E-state index in [4.69, 9.17) is 10.5 Å². The number of ether oxygens (including phenoxy) is 1. The molecule has 5 heteroatoms. The summed E-state index contributed by atoms with van der Waals surface area (Å²) in [5.74, 6) is 1.38. The maximum Gasteiger partial charge on any atom is 0.146 e. The summed E-state index contributed by atoms with van der Waals surface area (Å²) in [7, 11) is 2.15. The van der Waals surface area contributed by atoms with Crippen LogP contribution in [0.4, 0.5) is 5.82 Å². The zero-order valence-electron chi connectivity index (χ0n) is 15.7. The van der Waals surface area contributed by atoms with Crippen LogP contribution in [-0.4, -0.2) is 28.7 Å². The van der Waals surface area contributed by atoms with Gasteiger partial charge in [0.2, 0.25) is 0 Å². The second kappa shape index (κ2) is 7.37. The van der Waals surface area contributed by atoms with E-state index in [-0.39, 0.29) is 6.10 Å². The van der Waals surface area contributed by atoms with Crippen LogP contribution in [0.1, 0.15) is 29.2 Å². The van der Waals surface area contributed by atoms with Crippen LogP contribution in [0.5, 0.6) is 5.75 Å². The van der Waals surface area contributed by atoms with Crippen molar-refractivity contribution in [1.29, 1.82) is 0 Å². The molecule has 2 N–H and O–H groups in total. The molecule has 5 nitrogen and oxygen atoms in total. The highest BCUT2D eigenvalue weighted by atomic mass is 16.5. The molecule has 0 bridgehead atoms. The molecule has 0 spiro atoms. The summed E-state index contributed by atoms with van der Waals surface area (Å²) >= 11 is 0. The number of para-hydroxylation sites is 1. The van der Waals surface area contributed by atoms with Gasteiger partial charge in [-0.15, -0.1) is 10.2 Å². The molecule has 0 saturated carbocycles. The number of aromatic nitrogens is 2. The van der Waals surface area contributed by atoms with Gasteiger partial charge in [0, 0.05) is 25.1 Å². The number of rotatable bonds is 3. The smallest absolute Gasteiger partial charge is 0.146 e. The lowest BCUT2D eigenvalue weighted by Gasteiger charge is -2.21. The van der Waals surface area contributed by atoms with E-state index in [2.05, 4.69) is 53.3 Å². The van der Waals surface area contributed by atoms with Crippen molar-refractivity contribution in [2.75, 3.05) is 19.3 Å². The Morgan fingerprint density at radius 1 is 1.07 bits per heavy atom. The lowest BCUT2D eigenvalue weighted by molar-refractivity contribution is 0.181. The average molecular weight is 360 g/mol. The van der Waals surface area contributed by atoms with Crippen molar-refractivity contribution in [3.05, 3.63) is 71.3 Å². The summed E-state index contributed by atoms with van der Waals surface area (Å²) in [5, 5.41) is 8.19. The Kier molecular flexibility index (Phi) is 4.77. The summed E-state index contributed by atoms with van der Waals surface area (Å²) in [6.07, 6.45) is 0.997. The Labute approximate surface area is 159 Å². The van der Waals surface area contributed by atoms with Gasteiger partial charge in [0.05, 0.1) is 5.69 Å². The van der Waals surface area contributed by atoms with Crippen LogP contribution in [0.2, 0.25) is 0 Å². The van der Waals surface area contributed by atoms with Gasteiger partial charge in [-0.05, 0) is 54.9 Å². The fourth-order valence-electron chi connectivity index (χ4n) is 3.54. The molecule has 27 heavy (non-hydrogen) atoms. The average Bonchev–Trinajstić information content (AvgIpc) is 2.82. The molecule has 1 aliphatic heterocycles. The SMILES string of the molecule is Cc1ccccc1OC1CCN(C)Cc2cc(-c3ccc(N)nn3)ccc21. The molecule has 0 saturated heterocycles. The second-order valence-corrected chi connectivity index (χ2v) is 7.16. The van der Waals surface area contributed by atoms with Gasteiger partial charge in [-0.3, -0.25) is 0 Å². The first-order valence-electron chi connectivity index (χ1n) is 9.23. The van der Waals surface area contributed by atoms with E-state index in [9.17, 15) is 0 Å². The predicted molar refractivity (Wildman–Crippen MR) is 107 cm³/mol. The monoisotopic (exact) mass is 360 g/mol. The molecule has 0 amide bonds. The van der Waals surface area contributed by atoms with E-state index in [0.29, 0.717) is 5.82 Å². The first kappa shape index (κ1) is 17.5. The van der Waals surface area contributed by atoms with Crippen molar-refractivity contribution in [3.8, 4) is 17.0 Å². The van der Waals surface area contributed by atoms with Gasteiger partial charge in [0.15, 0.2) is 0 Å². The molecule has 138 valence electrons. The van der Waals surface area contributed by atoms with Gasteiger partial charge in [-0.25, -0.2) is 0 Å². The summed E-state index contributed by atoms with van der Waals surface area (Å²) in [4.78, 5) is 2.33. The molecule has 1 unspecified atom stereocenters. The molecule has 4 rings (SSSR count). The van der Waals surface area contributed by atoms with E-state index < -0.39 is 0 Å². The van der Waals surface area contributed by atoms with E-state index in [1.54, 1.807) is 6.07 Å². The molecule has 1 atom stereocenters. The topological polar surface area (TPSA) is 64.3 Å². The number of hydrogen-bond donors (Lipinski definition) is 1. The van der Waals surface area contributed by atoms with Crippen LogP contribution < -0.4 is 10.5 Å². The van der Waals surface area contributed by atoms with Crippen LogP contribution in [0, 0.1) is 6.92 Å². The van der Waals surface area contributed by atoms with Crippen LogP contribution in [0.15, 0.2) is 54.6 Å². The maximum absolute atomic E-state index is 6.43. The maximum atomic E-state index is 6.43. The summed E-state index contributed by atoms with van der Waals surface area (Å²) in [5.41, 5.74) is 11.2. The van der Waals surface area contributed by atoms with E-state index >= 15 is 0 Å². The quantitative estimate of drug-likeness (QED) is 0.765. The van der Waals surface area contributed by atoms with Crippen LogP contribution in [-0.2, 0) is 6.54 Å². The number of nitrogens with two attached hydrogens (primary N) is 1. The molecule has 0 aliphatic carbocycles. The number of aryl methyl sites for hydroxylation is 1. The largest absolute Gasteiger partial charge is 0.485 e. The first-order valence-corrected chi connectivity index (χ1v) is 9.23. The molecular formula is C22H24N4O. The van der Waals surface area contributed by atoms with Crippen molar-refractivity contribution in [3.63, 3.8) is 0 Å². The summed E-state index contributed by atoms with van der Waals surface area (Å²) in [6.45, 7) is 3.96. The van der Waals surface area contributed by atoms with E-state index in [1.807, 2.05) is 24.3 Å². The fraction of sp³-hybridized carbons (Fsp3) is 0.273. The fourth-order valence-corrected chi connectivity index (χ4v) is 3.54. The van der Waals surface area contributed by atoms with Crippen molar-refractivity contribution >= 4 is 5.82 Å². The third kappa shape index (κ3) is 3.78. The lowest BCUT2D eigenvalue weighted by Crippen LogP contribution is -2.18. The van der Waals surface area contributed by atoms with Crippen molar-refractivity contribution in [2.24, 2.45) is 0 Å². The van der Waals surface area contributed by atoms with Gasteiger partial charge in [0.25, 0.3) is 0 Å². The molecule has 0 fully saturated rings. The highest BCUT2D eigenvalue weighted by Crippen LogP contribution is 2.34. The minimum atomic E-state index is 0.0394. The number of fused-ring (bicyclic) bond motifs is 1. The molecule has 1 aliphatic rings. The Morgan fingerprint density at radius 3 is 2.70 bits per heavy atom. The molecule has 3 aromatic rings. The first-order chi connectivity index (χ1) is 13.1. The van der Waals surface area contributed by atoms with E-state index in [1.165, 1.54) is 11.1 Å². The van der Waals surface area contributed by atoms with Gasteiger partial charge in [-0.2, -0.15) is 0 Å². The third-order valence-corrected chi connectivity index (χ3v) is 5.05. The van der Waals surface area contributed by atoms with Gasteiger partial charge in [0.1, 0.15) is 17.7 Å². The Morgan fingerprint density at radius 2 is 1.93 bits per heavy atom. The van der Waals surface area contributed by atoms with Gasteiger partial charge < -0.3 is 15.4 Å². The van der Waals surface area contributed by atoms with Crippen LogP contribution in [0.3, 0.4) is 0 Å². The Hall–Kier alpha value is -2.92. The summed E-state index contributed by atoms with van der Waals surface area (Å²) in [6, 6.07) is 18.3. The molecule has 2 aromatic carbocycles. The van der Waals surface area contributed by atoms with Crippen molar-refractivity contribution < 1.29 is 4.74 Å². The van der Waals surface area contributed by atoms with Crippen molar-refractivity contribution in [2.45, 2.75) is 26.0 Å². The number of nitrogen functional groups attached to an aromatic ring is 1. The van der Waals surface area contributed by atoms with Gasteiger partial charge in [-0.1, -0.05) is 30.3 Å². The third-order valence-electron chi connectivity index (χ3n) is 5.05. The number of benzene rings is 2.